The Bertz CT molecular complexity index is 1230. The van der Waals surface area contributed by atoms with E-state index in [1.54, 1.807) is 12.1 Å². The molecule has 0 bridgehead atoms. The number of nitrogens with zero attached hydrogens (tertiary/aromatic N) is 2. The number of para-hydroxylation sites is 2. The highest BCUT2D eigenvalue weighted by Crippen LogP contribution is 2.50. The van der Waals surface area contributed by atoms with Gasteiger partial charge >= 0.3 is 5.97 Å². The molecule has 0 N–H and O–H groups in total. The van der Waals surface area contributed by atoms with Gasteiger partial charge in [-0.2, -0.15) is 0 Å². The van der Waals surface area contributed by atoms with Crippen molar-refractivity contribution in [2.24, 2.45) is 0 Å². The van der Waals surface area contributed by atoms with Crippen LogP contribution >= 0.6 is 0 Å². The summed E-state index contributed by atoms with van der Waals surface area (Å²) in [6.07, 6.45) is -0.544. The summed E-state index contributed by atoms with van der Waals surface area (Å²) in [6.45, 7) is 4.18. The maximum atomic E-state index is 12.9. The number of rotatable bonds is 2. The van der Waals surface area contributed by atoms with Gasteiger partial charge in [-0.05, 0) is 29.8 Å². The van der Waals surface area contributed by atoms with Crippen molar-refractivity contribution in [3.05, 3.63) is 95.7 Å². The van der Waals surface area contributed by atoms with Gasteiger partial charge in [0.25, 0.3) is 0 Å². The van der Waals surface area contributed by atoms with Crippen LogP contribution in [0.5, 0.6) is 0 Å². The monoisotopic (exact) mass is 380 g/mol. The van der Waals surface area contributed by atoms with E-state index in [1.807, 2.05) is 54.6 Å². The molecule has 5 rings (SSSR count). The average Bonchev–Trinajstić information content (AvgIpc) is 2.76. The maximum absolute atomic E-state index is 12.9. The molecular formula is C25H20N2O2. The molecular weight excluding hydrogens is 360 g/mol. The van der Waals surface area contributed by atoms with Crippen molar-refractivity contribution in [2.75, 3.05) is 0 Å². The quantitative estimate of drug-likeness (QED) is 0.432. The lowest BCUT2D eigenvalue weighted by Gasteiger charge is -2.39. The molecule has 0 saturated heterocycles. The molecule has 1 aliphatic carbocycles. The lowest BCUT2D eigenvalue weighted by atomic mass is 9.70. The van der Waals surface area contributed by atoms with Crippen LogP contribution in [0.4, 0.5) is 0 Å². The van der Waals surface area contributed by atoms with Crippen LogP contribution < -0.4 is 0 Å². The first-order valence-corrected chi connectivity index (χ1v) is 9.68. The van der Waals surface area contributed by atoms with Gasteiger partial charge in [0, 0.05) is 11.0 Å². The highest BCUT2D eigenvalue weighted by atomic mass is 16.5. The van der Waals surface area contributed by atoms with Crippen molar-refractivity contribution in [1.82, 2.24) is 9.97 Å². The first kappa shape index (κ1) is 17.6. The Hall–Kier alpha value is -3.53. The molecule has 29 heavy (non-hydrogen) atoms. The Balaban J connectivity index is 1.71. The van der Waals surface area contributed by atoms with Crippen molar-refractivity contribution in [1.29, 1.82) is 0 Å². The minimum Gasteiger partial charge on any atom is -0.451 e. The van der Waals surface area contributed by atoms with Crippen molar-refractivity contribution in [2.45, 2.75) is 25.4 Å². The third-order valence-electron chi connectivity index (χ3n) is 5.61. The Morgan fingerprint density at radius 2 is 1.45 bits per heavy atom. The van der Waals surface area contributed by atoms with Gasteiger partial charge in [-0.25, -0.2) is 14.8 Å². The van der Waals surface area contributed by atoms with E-state index in [0.29, 0.717) is 11.3 Å². The maximum Gasteiger partial charge on any atom is 0.338 e. The topological polar surface area (TPSA) is 52.1 Å². The largest absolute Gasteiger partial charge is 0.451 e. The van der Waals surface area contributed by atoms with Crippen LogP contribution in [0.3, 0.4) is 0 Å². The Morgan fingerprint density at radius 3 is 2.21 bits per heavy atom. The van der Waals surface area contributed by atoms with Crippen molar-refractivity contribution >= 4 is 17.0 Å². The molecule has 1 aliphatic rings. The predicted octanol–water partition coefficient (Wildman–Crippen LogP) is 5.49. The predicted molar refractivity (Wildman–Crippen MR) is 113 cm³/mol. The molecule has 0 aliphatic heterocycles. The number of carbonyl (C=O) groups excluding carboxylic acids is 1. The van der Waals surface area contributed by atoms with Gasteiger partial charge in [-0.3, -0.25) is 0 Å². The zero-order valence-electron chi connectivity index (χ0n) is 16.3. The van der Waals surface area contributed by atoms with Crippen LogP contribution in [0, 0.1) is 0 Å². The van der Waals surface area contributed by atoms with Crippen LogP contribution in [0.1, 0.15) is 41.6 Å². The van der Waals surface area contributed by atoms with Crippen LogP contribution in [0.15, 0.2) is 78.9 Å². The smallest absolute Gasteiger partial charge is 0.338 e. The lowest BCUT2D eigenvalue weighted by Crippen LogP contribution is -2.35. The van der Waals surface area contributed by atoms with Crippen LogP contribution in [0.25, 0.3) is 22.3 Å². The van der Waals surface area contributed by atoms with Gasteiger partial charge in [0.05, 0.1) is 22.3 Å². The van der Waals surface area contributed by atoms with Gasteiger partial charge < -0.3 is 4.74 Å². The van der Waals surface area contributed by atoms with E-state index < -0.39 is 11.5 Å². The van der Waals surface area contributed by atoms with Crippen LogP contribution in [0.2, 0.25) is 0 Å². The summed E-state index contributed by atoms with van der Waals surface area (Å²) >= 11 is 0. The molecule has 0 fully saturated rings. The fourth-order valence-electron chi connectivity index (χ4n) is 4.08. The Morgan fingerprint density at radius 1 is 0.828 bits per heavy atom. The normalized spacial score (nSPS) is 16.7. The number of esters is 1. The molecule has 0 radical (unpaired) electrons. The number of benzene rings is 3. The SMILES string of the molecule is CC1(C)c2ccccc2-c2nc3ccccc3nc2C1OC(=O)c1ccccc1. The molecule has 0 spiro atoms. The van der Waals surface area contributed by atoms with E-state index in [4.69, 9.17) is 14.7 Å². The molecule has 4 nitrogen and oxygen atoms in total. The molecule has 4 heteroatoms. The Kier molecular flexibility index (Phi) is 3.95. The van der Waals surface area contributed by atoms with E-state index in [1.165, 1.54) is 0 Å². The standard InChI is InChI=1S/C25H20N2O2/c1-25(2)18-13-7-6-12-17(18)21-22(27-20-15-9-8-14-19(20)26-21)23(25)29-24(28)16-10-4-3-5-11-16/h3-15,23H,1-2H3. The summed E-state index contributed by atoms with van der Waals surface area (Å²) < 4.78 is 6.08. The summed E-state index contributed by atoms with van der Waals surface area (Å²) in [6, 6.07) is 25.0. The number of aromatic nitrogens is 2. The summed E-state index contributed by atoms with van der Waals surface area (Å²) in [5.74, 6) is -0.357. The summed E-state index contributed by atoms with van der Waals surface area (Å²) in [5.41, 5.74) is 5.32. The van der Waals surface area contributed by atoms with Crippen molar-refractivity contribution in [3.8, 4) is 11.3 Å². The van der Waals surface area contributed by atoms with E-state index in [-0.39, 0.29) is 5.97 Å². The van der Waals surface area contributed by atoms with Crippen molar-refractivity contribution < 1.29 is 9.53 Å². The minimum absolute atomic E-state index is 0.357. The van der Waals surface area contributed by atoms with E-state index in [2.05, 4.69) is 26.0 Å². The second-order valence-electron chi connectivity index (χ2n) is 7.86. The number of hydrogen-bond acceptors (Lipinski definition) is 4. The number of ether oxygens (including phenoxy) is 1. The molecule has 0 amide bonds. The molecule has 0 saturated carbocycles. The zero-order valence-corrected chi connectivity index (χ0v) is 16.3. The van der Waals surface area contributed by atoms with E-state index in [0.717, 1.165) is 27.9 Å². The zero-order chi connectivity index (χ0) is 20.0. The van der Waals surface area contributed by atoms with E-state index in [9.17, 15) is 4.79 Å². The Labute approximate surface area is 169 Å². The summed E-state index contributed by atoms with van der Waals surface area (Å²) in [5, 5.41) is 0. The van der Waals surface area contributed by atoms with E-state index >= 15 is 0 Å². The van der Waals surface area contributed by atoms with Crippen LogP contribution in [-0.4, -0.2) is 15.9 Å². The van der Waals surface area contributed by atoms with Gasteiger partial charge in [0.15, 0.2) is 6.10 Å². The molecule has 3 aromatic carbocycles. The van der Waals surface area contributed by atoms with Gasteiger partial charge in [-0.15, -0.1) is 0 Å². The van der Waals surface area contributed by atoms with Gasteiger partial charge in [-0.1, -0.05) is 68.4 Å². The molecule has 142 valence electrons. The number of hydrogen-bond donors (Lipinski definition) is 0. The second-order valence-corrected chi connectivity index (χ2v) is 7.86. The first-order chi connectivity index (χ1) is 14.1. The minimum atomic E-state index is -0.544. The lowest BCUT2D eigenvalue weighted by molar-refractivity contribution is 0.00802. The third-order valence-corrected chi connectivity index (χ3v) is 5.61. The van der Waals surface area contributed by atoms with Gasteiger partial charge in [0.2, 0.25) is 0 Å². The highest BCUT2D eigenvalue weighted by molar-refractivity contribution is 5.90. The molecule has 1 atom stereocenters. The highest BCUT2D eigenvalue weighted by Gasteiger charge is 2.44. The van der Waals surface area contributed by atoms with Crippen molar-refractivity contribution in [3.63, 3.8) is 0 Å². The molecule has 4 aromatic rings. The summed E-state index contributed by atoms with van der Waals surface area (Å²) in [7, 11) is 0. The first-order valence-electron chi connectivity index (χ1n) is 9.68. The molecule has 1 heterocycles. The summed E-state index contributed by atoms with van der Waals surface area (Å²) in [4.78, 5) is 22.7. The van der Waals surface area contributed by atoms with Gasteiger partial charge in [0.1, 0.15) is 5.69 Å². The second kappa shape index (κ2) is 6.52. The average molecular weight is 380 g/mol. The fourth-order valence-corrected chi connectivity index (χ4v) is 4.08. The fraction of sp³-hybridized carbons (Fsp3) is 0.160. The van der Waals surface area contributed by atoms with Crippen LogP contribution in [-0.2, 0) is 10.2 Å². The third kappa shape index (κ3) is 2.80. The number of carbonyl (C=O) groups is 1. The molecule has 1 unspecified atom stereocenters. The number of fused-ring (bicyclic) bond motifs is 4. The molecule has 1 aromatic heterocycles.